The molecule has 0 spiro atoms. The fraction of sp³-hybridized carbons (Fsp3) is 0.643. The fourth-order valence-electron chi connectivity index (χ4n) is 2.21. The molecule has 2 unspecified atom stereocenters. The molecule has 5 heteroatoms. The number of thioether (sulfide) groups is 2. The summed E-state index contributed by atoms with van der Waals surface area (Å²) in [6, 6.07) is 4.22. The Morgan fingerprint density at radius 3 is 3.11 bits per heavy atom. The van der Waals surface area contributed by atoms with Gasteiger partial charge in [0.1, 0.15) is 11.4 Å². The Labute approximate surface area is 124 Å². The zero-order valence-electron chi connectivity index (χ0n) is 11.6. The molecule has 0 saturated carbocycles. The molecule has 0 aliphatic carbocycles. The second-order valence-corrected chi connectivity index (χ2v) is 7.00. The highest BCUT2D eigenvalue weighted by molar-refractivity contribution is 8.06. The minimum absolute atomic E-state index is 0.286. The number of nitrogens with zero attached hydrogens (tertiary/aromatic N) is 1. The topological polar surface area (TPSA) is 34.2 Å². The van der Waals surface area contributed by atoms with Crippen molar-refractivity contribution < 1.29 is 4.74 Å². The van der Waals surface area contributed by atoms with Crippen molar-refractivity contribution in [2.75, 3.05) is 30.9 Å². The smallest absolute Gasteiger partial charge is 0.142 e. The minimum atomic E-state index is 0.286. The number of nitrogens with one attached hydrogen (secondary N) is 1. The van der Waals surface area contributed by atoms with Gasteiger partial charge in [-0.25, -0.2) is 0 Å². The van der Waals surface area contributed by atoms with E-state index >= 15 is 0 Å². The zero-order valence-corrected chi connectivity index (χ0v) is 13.2. The molecule has 0 bridgehead atoms. The summed E-state index contributed by atoms with van der Waals surface area (Å²) in [5.41, 5.74) is 1.05. The number of hydrogen-bond acceptors (Lipinski definition) is 5. The van der Waals surface area contributed by atoms with E-state index < -0.39 is 0 Å². The van der Waals surface area contributed by atoms with E-state index in [1.165, 1.54) is 17.3 Å². The lowest BCUT2D eigenvalue weighted by molar-refractivity contribution is 0.393. The summed E-state index contributed by atoms with van der Waals surface area (Å²) < 4.78 is 5.48. The summed E-state index contributed by atoms with van der Waals surface area (Å²) in [6.07, 6.45) is 3.00. The molecule has 1 aliphatic heterocycles. The van der Waals surface area contributed by atoms with Crippen LogP contribution in [0.25, 0.3) is 0 Å². The molecule has 1 saturated heterocycles. The number of methoxy groups -OCH3 is 1. The van der Waals surface area contributed by atoms with Crippen LogP contribution in [0.3, 0.4) is 0 Å². The molecule has 1 aliphatic rings. The summed E-state index contributed by atoms with van der Waals surface area (Å²) in [5, 5.41) is 4.23. The van der Waals surface area contributed by atoms with Gasteiger partial charge in [-0.15, -0.1) is 0 Å². The van der Waals surface area contributed by atoms with Crippen LogP contribution in [0, 0.1) is 0 Å². The van der Waals surface area contributed by atoms with Crippen molar-refractivity contribution in [1.82, 2.24) is 10.3 Å². The van der Waals surface area contributed by atoms with Crippen molar-refractivity contribution in [3.8, 4) is 5.75 Å². The van der Waals surface area contributed by atoms with Gasteiger partial charge in [0.05, 0.1) is 13.2 Å². The van der Waals surface area contributed by atoms with E-state index in [1.807, 2.05) is 30.1 Å². The maximum absolute atomic E-state index is 5.48. The average Bonchev–Trinajstić information content (AvgIpc) is 2.49. The molecule has 1 aromatic rings. The number of rotatable bonds is 6. The van der Waals surface area contributed by atoms with Crippen molar-refractivity contribution >= 4 is 23.5 Å². The molecule has 3 nitrogen and oxygen atoms in total. The summed E-state index contributed by atoms with van der Waals surface area (Å²) in [6.45, 7) is 3.22. The summed E-state index contributed by atoms with van der Waals surface area (Å²) >= 11 is 4.10. The summed E-state index contributed by atoms with van der Waals surface area (Å²) in [5.74, 6) is 4.58. The van der Waals surface area contributed by atoms with Gasteiger partial charge in [0.2, 0.25) is 0 Å². The standard InChI is InChI=1S/C14H22N2OS2/c1-3-6-15-14(12-10-18-8-9-19-12)13-11(17-2)5-4-7-16-13/h4-5,7,12,14-15H,3,6,8-10H2,1-2H3. The highest BCUT2D eigenvalue weighted by atomic mass is 32.2. The number of aromatic nitrogens is 1. The first-order chi connectivity index (χ1) is 9.36. The third-order valence-corrected chi connectivity index (χ3v) is 6.01. The molecule has 0 radical (unpaired) electrons. The van der Waals surface area contributed by atoms with Crippen LogP contribution in [-0.2, 0) is 0 Å². The molecule has 1 aromatic heterocycles. The fourth-order valence-corrected chi connectivity index (χ4v) is 5.05. The third-order valence-electron chi connectivity index (χ3n) is 3.14. The van der Waals surface area contributed by atoms with E-state index in [4.69, 9.17) is 4.74 Å². The van der Waals surface area contributed by atoms with Crippen molar-refractivity contribution in [3.05, 3.63) is 24.0 Å². The predicted octanol–water partition coefficient (Wildman–Crippen LogP) is 2.98. The van der Waals surface area contributed by atoms with Gasteiger partial charge in [0.15, 0.2) is 0 Å². The van der Waals surface area contributed by atoms with Crippen LogP contribution >= 0.6 is 23.5 Å². The van der Waals surface area contributed by atoms with Gasteiger partial charge in [-0.3, -0.25) is 4.98 Å². The molecular weight excluding hydrogens is 276 g/mol. The predicted molar refractivity (Wildman–Crippen MR) is 85.4 cm³/mol. The number of ether oxygens (including phenoxy) is 1. The molecule has 2 heterocycles. The normalized spacial score (nSPS) is 21.1. The van der Waals surface area contributed by atoms with Gasteiger partial charge in [-0.2, -0.15) is 23.5 Å². The maximum Gasteiger partial charge on any atom is 0.142 e. The first-order valence-corrected chi connectivity index (χ1v) is 8.98. The largest absolute Gasteiger partial charge is 0.495 e. The Morgan fingerprint density at radius 1 is 1.53 bits per heavy atom. The van der Waals surface area contributed by atoms with Crippen LogP contribution in [0.1, 0.15) is 25.1 Å². The first-order valence-electron chi connectivity index (χ1n) is 6.78. The molecule has 1 N–H and O–H groups in total. The molecular formula is C14H22N2OS2. The Hall–Kier alpha value is -0.390. The van der Waals surface area contributed by atoms with Crippen molar-refractivity contribution in [3.63, 3.8) is 0 Å². The molecule has 1 fully saturated rings. The average molecular weight is 298 g/mol. The lowest BCUT2D eigenvalue weighted by atomic mass is 10.1. The Bertz CT molecular complexity index is 383. The second kappa shape index (κ2) is 8.02. The Kier molecular flexibility index (Phi) is 6.34. The van der Waals surface area contributed by atoms with Gasteiger partial charge >= 0.3 is 0 Å². The van der Waals surface area contributed by atoms with Gasteiger partial charge in [-0.05, 0) is 25.1 Å². The minimum Gasteiger partial charge on any atom is -0.495 e. The molecule has 106 valence electrons. The number of pyridine rings is 1. The van der Waals surface area contributed by atoms with Crippen LogP contribution < -0.4 is 10.1 Å². The third kappa shape index (κ3) is 4.04. The SMILES string of the molecule is CCCNC(c1ncccc1OC)C1CSCCS1. The van der Waals surface area contributed by atoms with Crippen molar-refractivity contribution in [2.24, 2.45) is 0 Å². The summed E-state index contributed by atoms with van der Waals surface area (Å²) in [7, 11) is 1.72. The van der Waals surface area contributed by atoms with Gasteiger partial charge < -0.3 is 10.1 Å². The zero-order chi connectivity index (χ0) is 13.5. The molecule has 19 heavy (non-hydrogen) atoms. The molecule has 2 atom stereocenters. The quantitative estimate of drug-likeness (QED) is 0.873. The highest BCUT2D eigenvalue weighted by Crippen LogP contribution is 2.35. The highest BCUT2D eigenvalue weighted by Gasteiger charge is 2.28. The molecule has 0 amide bonds. The number of hydrogen-bond donors (Lipinski definition) is 1. The first kappa shape index (κ1) is 15.0. The van der Waals surface area contributed by atoms with Crippen LogP contribution in [0.2, 0.25) is 0 Å². The van der Waals surface area contributed by atoms with Crippen LogP contribution in [0.15, 0.2) is 18.3 Å². The summed E-state index contributed by atoms with van der Waals surface area (Å²) in [4.78, 5) is 4.57. The van der Waals surface area contributed by atoms with E-state index in [9.17, 15) is 0 Å². The van der Waals surface area contributed by atoms with E-state index in [2.05, 4.69) is 29.0 Å². The lowest BCUT2D eigenvalue weighted by Crippen LogP contribution is -2.35. The van der Waals surface area contributed by atoms with Crippen LogP contribution in [0.4, 0.5) is 0 Å². The van der Waals surface area contributed by atoms with Crippen molar-refractivity contribution in [1.29, 1.82) is 0 Å². The van der Waals surface area contributed by atoms with Gasteiger partial charge in [0.25, 0.3) is 0 Å². The molecule has 2 rings (SSSR count). The van der Waals surface area contributed by atoms with E-state index in [0.717, 1.165) is 24.4 Å². The van der Waals surface area contributed by atoms with Crippen LogP contribution in [-0.4, -0.2) is 41.1 Å². The molecule has 0 aromatic carbocycles. The van der Waals surface area contributed by atoms with Gasteiger partial charge in [0, 0.05) is 28.7 Å². The lowest BCUT2D eigenvalue weighted by Gasteiger charge is -2.30. The Morgan fingerprint density at radius 2 is 2.42 bits per heavy atom. The maximum atomic E-state index is 5.48. The van der Waals surface area contributed by atoms with Crippen LogP contribution in [0.5, 0.6) is 5.75 Å². The Balaban J connectivity index is 2.19. The monoisotopic (exact) mass is 298 g/mol. The second-order valence-electron chi connectivity index (χ2n) is 4.51. The van der Waals surface area contributed by atoms with E-state index in [-0.39, 0.29) is 6.04 Å². The van der Waals surface area contributed by atoms with E-state index in [0.29, 0.717) is 5.25 Å². The van der Waals surface area contributed by atoms with Gasteiger partial charge in [-0.1, -0.05) is 6.92 Å². The van der Waals surface area contributed by atoms with Crippen molar-refractivity contribution in [2.45, 2.75) is 24.6 Å². The van der Waals surface area contributed by atoms with E-state index in [1.54, 1.807) is 7.11 Å².